The zero-order valence-electron chi connectivity index (χ0n) is 22.4. The number of rotatable bonds is 6. The van der Waals surface area contributed by atoms with E-state index < -0.39 is 5.82 Å². The van der Waals surface area contributed by atoms with Crippen LogP contribution in [0, 0.1) is 5.82 Å². The van der Waals surface area contributed by atoms with Gasteiger partial charge in [0.1, 0.15) is 11.5 Å². The van der Waals surface area contributed by atoms with E-state index >= 15 is 0 Å². The van der Waals surface area contributed by atoms with E-state index in [-0.39, 0.29) is 11.8 Å². The lowest BCUT2D eigenvalue weighted by Gasteiger charge is -2.32. The molecule has 2 aliphatic rings. The number of piperazine rings is 1. The van der Waals surface area contributed by atoms with Crippen LogP contribution in [-0.2, 0) is 9.59 Å². The van der Waals surface area contributed by atoms with Gasteiger partial charge < -0.3 is 24.8 Å². The largest absolute Gasteiger partial charge is 0.354 e. The number of carbonyl (C=O) groups is 2. The van der Waals surface area contributed by atoms with Crippen LogP contribution in [0.2, 0.25) is 0 Å². The summed E-state index contributed by atoms with van der Waals surface area (Å²) < 4.78 is 15.8. The third-order valence-corrected chi connectivity index (χ3v) is 7.52. The van der Waals surface area contributed by atoms with Crippen molar-refractivity contribution in [3.05, 3.63) is 90.1 Å². The number of nitrogens with zero attached hydrogens (tertiary/aromatic N) is 5. The van der Waals surface area contributed by atoms with Gasteiger partial charge in [-0.2, -0.15) is 0 Å². The molecule has 204 valence electrons. The highest BCUT2D eigenvalue weighted by Crippen LogP contribution is 2.38. The quantitative estimate of drug-likeness (QED) is 0.364. The number of imidazole rings is 1. The molecule has 2 N–H and O–H groups in total. The fourth-order valence-corrected chi connectivity index (χ4v) is 5.10. The van der Waals surface area contributed by atoms with E-state index in [1.165, 1.54) is 12.1 Å². The van der Waals surface area contributed by atoms with Crippen molar-refractivity contribution >= 4 is 45.8 Å². The van der Waals surface area contributed by atoms with Crippen molar-refractivity contribution in [3.63, 3.8) is 0 Å². The first kappa shape index (κ1) is 25.7. The van der Waals surface area contributed by atoms with Crippen LogP contribution in [0.25, 0.3) is 16.9 Å². The van der Waals surface area contributed by atoms with Crippen LogP contribution in [-0.4, -0.2) is 77.8 Å². The molecule has 0 bridgehead atoms. The molecule has 2 aliphatic heterocycles. The summed E-state index contributed by atoms with van der Waals surface area (Å²) in [5, 5.41) is 6.20. The van der Waals surface area contributed by atoms with Crippen LogP contribution in [0.3, 0.4) is 0 Å². The Bertz CT molecular complexity index is 1620. The molecule has 4 aromatic rings. The third kappa shape index (κ3) is 5.06. The summed E-state index contributed by atoms with van der Waals surface area (Å²) in [6.07, 6.45) is 5.43. The maximum atomic E-state index is 13.9. The molecule has 0 aliphatic carbocycles. The van der Waals surface area contributed by atoms with Gasteiger partial charge in [-0.05, 0) is 61.6 Å². The minimum atomic E-state index is -0.421. The van der Waals surface area contributed by atoms with Crippen molar-refractivity contribution in [1.29, 1.82) is 0 Å². The van der Waals surface area contributed by atoms with E-state index in [1.54, 1.807) is 24.2 Å². The van der Waals surface area contributed by atoms with E-state index in [2.05, 4.69) is 32.5 Å². The summed E-state index contributed by atoms with van der Waals surface area (Å²) in [6.45, 7) is 4.06. The van der Waals surface area contributed by atoms with Crippen molar-refractivity contribution in [2.24, 2.45) is 0 Å². The number of amides is 2. The first-order valence-corrected chi connectivity index (χ1v) is 13.2. The molecule has 2 aromatic heterocycles. The van der Waals surface area contributed by atoms with Crippen molar-refractivity contribution in [3.8, 4) is 0 Å². The molecule has 0 saturated carbocycles. The number of halogens is 1. The summed E-state index contributed by atoms with van der Waals surface area (Å²) >= 11 is 0. The van der Waals surface area contributed by atoms with Crippen LogP contribution < -0.4 is 15.5 Å². The maximum Gasteiger partial charge on any atom is 0.258 e. The van der Waals surface area contributed by atoms with Crippen molar-refractivity contribution < 1.29 is 14.0 Å². The van der Waals surface area contributed by atoms with Crippen molar-refractivity contribution in [2.75, 3.05) is 62.4 Å². The summed E-state index contributed by atoms with van der Waals surface area (Å²) in [6, 6.07) is 15.6. The second-order valence-electron chi connectivity index (χ2n) is 10.2. The zero-order chi connectivity index (χ0) is 27.8. The van der Waals surface area contributed by atoms with Crippen molar-refractivity contribution in [1.82, 2.24) is 19.2 Å². The Morgan fingerprint density at radius 2 is 1.82 bits per heavy atom. The van der Waals surface area contributed by atoms with Gasteiger partial charge in [0.05, 0.1) is 23.5 Å². The molecule has 0 radical (unpaired) electrons. The first-order chi connectivity index (χ1) is 19.4. The lowest BCUT2D eigenvalue weighted by molar-refractivity contribution is -0.119. The van der Waals surface area contributed by atoms with E-state index in [4.69, 9.17) is 0 Å². The summed E-state index contributed by atoms with van der Waals surface area (Å²) in [7, 11) is 3.88. The van der Waals surface area contributed by atoms with E-state index in [0.717, 1.165) is 48.8 Å². The van der Waals surface area contributed by atoms with Crippen LogP contribution in [0.4, 0.5) is 21.5 Å². The summed E-state index contributed by atoms with van der Waals surface area (Å²) in [4.78, 5) is 36.6. The van der Waals surface area contributed by atoms with Crippen LogP contribution in [0.1, 0.15) is 11.1 Å². The van der Waals surface area contributed by atoms with E-state index in [0.29, 0.717) is 29.1 Å². The number of fused-ring (bicyclic) bond motifs is 2. The van der Waals surface area contributed by atoms with Gasteiger partial charge in [0, 0.05) is 74.3 Å². The van der Waals surface area contributed by atoms with Gasteiger partial charge in [-0.3, -0.25) is 14.5 Å². The molecule has 4 heterocycles. The molecule has 0 spiro atoms. The second kappa shape index (κ2) is 10.6. The Balaban J connectivity index is 1.29. The number of hydrogen-bond acceptors (Lipinski definition) is 6. The van der Waals surface area contributed by atoms with Crippen LogP contribution in [0.5, 0.6) is 0 Å². The number of carbonyl (C=O) groups excluding carboxylic acids is 2. The minimum Gasteiger partial charge on any atom is -0.354 e. The van der Waals surface area contributed by atoms with Gasteiger partial charge in [0.2, 0.25) is 5.91 Å². The second-order valence-corrected chi connectivity index (χ2v) is 10.2. The first-order valence-electron chi connectivity index (χ1n) is 13.2. The topological polar surface area (TPSA) is 85.2 Å². The number of hydrogen-bond donors (Lipinski definition) is 2. The highest BCUT2D eigenvalue weighted by molar-refractivity contribution is 6.37. The molecule has 6 rings (SSSR count). The number of likely N-dealkylation sites (N-methyl/N-ethyl adjacent to an activating group) is 2. The number of pyridine rings is 1. The predicted molar refractivity (Wildman–Crippen MR) is 154 cm³/mol. The van der Waals surface area contributed by atoms with Gasteiger partial charge in [0.25, 0.3) is 5.91 Å². The molecule has 1 saturated heterocycles. The van der Waals surface area contributed by atoms with Gasteiger partial charge in [-0.1, -0.05) is 0 Å². The van der Waals surface area contributed by atoms with Crippen molar-refractivity contribution in [2.45, 2.75) is 0 Å². The molecule has 2 aromatic carbocycles. The Labute approximate surface area is 231 Å². The summed E-state index contributed by atoms with van der Waals surface area (Å²) in [5.41, 5.74) is 5.01. The molecular formula is C30H30FN7O2. The van der Waals surface area contributed by atoms with Gasteiger partial charge in [0.15, 0.2) is 0 Å². The number of benzene rings is 2. The van der Waals surface area contributed by atoms with Gasteiger partial charge >= 0.3 is 0 Å². The monoisotopic (exact) mass is 539 g/mol. The van der Waals surface area contributed by atoms with E-state index in [1.807, 2.05) is 53.2 Å². The smallest absolute Gasteiger partial charge is 0.258 e. The highest BCUT2D eigenvalue weighted by Gasteiger charge is 2.29. The summed E-state index contributed by atoms with van der Waals surface area (Å²) in [5.74, 6) is -0.708. The fraction of sp³-hybridized carbons (Fsp3) is 0.233. The maximum absolute atomic E-state index is 13.9. The predicted octanol–water partition coefficient (Wildman–Crippen LogP) is 3.62. The Morgan fingerprint density at radius 3 is 2.60 bits per heavy atom. The lowest BCUT2D eigenvalue weighted by Crippen LogP contribution is -2.48. The average molecular weight is 540 g/mol. The standard InChI is InChI=1S/C30H30FN7O2/c1-35-13-15-37(16-14-35)19-27(39)36(2)23-6-4-22(5-7-23)33-29(20-9-11-38-12-10-32-26(38)17-20)28-24-8-3-21(31)18-25(24)34-30(28)40/h3-12,17-18,33H,13-16,19H2,1-2H3,(H,34,40)/b29-28-. The number of nitrogens with one attached hydrogen (secondary N) is 2. The Morgan fingerprint density at radius 1 is 1.05 bits per heavy atom. The normalized spacial score (nSPS) is 17.0. The van der Waals surface area contributed by atoms with E-state index in [9.17, 15) is 14.0 Å². The molecule has 2 amide bonds. The van der Waals surface area contributed by atoms with Crippen LogP contribution >= 0.6 is 0 Å². The fourth-order valence-electron chi connectivity index (χ4n) is 5.10. The molecule has 9 nitrogen and oxygen atoms in total. The lowest BCUT2D eigenvalue weighted by atomic mass is 10.0. The molecular weight excluding hydrogens is 509 g/mol. The Hall–Kier alpha value is -4.54. The average Bonchev–Trinajstić information content (AvgIpc) is 3.55. The molecule has 40 heavy (non-hydrogen) atoms. The zero-order valence-corrected chi connectivity index (χ0v) is 22.4. The van der Waals surface area contributed by atoms with Gasteiger partial charge in [-0.15, -0.1) is 0 Å². The SMILES string of the molecule is CN1CCN(CC(=O)N(C)c2ccc(N/C(=C3\C(=O)Nc4cc(F)ccc43)c3ccn4ccnc4c3)cc2)CC1. The van der Waals surface area contributed by atoms with Crippen LogP contribution in [0.15, 0.2) is 73.2 Å². The van der Waals surface area contributed by atoms with Gasteiger partial charge in [-0.25, -0.2) is 9.37 Å². The Kier molecular flexibility index (Phi) is 6.79. The number of anilines is 3. The highest BCUT2D eigenvalue weighted by atomic mass is 19.1. The molecule has 10 heteroatoms. The number of aromatic nitrogens is 2. The molecule has 1 fully saturated rings. The third-order valence-electron chi connectivity index (χ3n) is 7.52. The molecule has 0 unspecified atom stereocenters. The molecule has 0 atom stereocenters. The minimum absolute atomic E-state index is 0.0348.